The molecule has 9 heteroatoms. The van der Waals surface area contributed by atoms with E-state index in [1.807, 2.05) is 18.7 Å². The third-order valence-corrected chi connectivity index (χ3v) is 4.75. The van der Waals surface area contributed by atoms with Crippen molar-refractivity contribution in [3.63, 3.8) is 0 Å². The van der Waals surface area contributed by atoms with Crippen LogP contribution in [0.5, 0.6) is 0 Å². The molecule has 0 spiro atoms. The Kier molecular flexibility index (Phi) is 8.47. The Hall–Kier alpha value is -1.35. The first kappa shape index (κ1) is 20.7. The summed E-state index contributed by atoms with van der Waals surface area (Å²) < 4.78 is 32.2. The zero-order valence-electron chi connectivity index (χ0n) is 14.9. The molecule has 0 aliphatic carbocycles. The fraction of sp³-hybridized carbons (Fsp3) is 0.867. The van der Waals surface area contributed by atoms with Crippen LogP contribution in [-0.2, 0) is 24.1 Å². The van der Waals surface area contributed by atoms with E-state index < -0.39 is 9.84 Å². The van der Waals surface area contributed by atoms with E-state index in [9.17, 15) is 13.2 Å². The van der Waals surface area contributed by atoms with E-state index in [1.54, 1.807) is 0 Å². The molecule has 1 rings (SSSR count). The van der Waals surface area contributed by atoms with Crippen molar-refractivity contribution in [2.24, 2.45) is 16.8 Å². The van der Waals surface area contributed by atoms with Crippen LogP contribution in [0.2, 0.25) is 0 Å². The minimum Gasteiger partial charge on any atom is -0.469 e. The van der Waals surface area contributed by atoms with E-state index in [1.165, 1.54) is 13.4 Å². The summed E-state index contributed by atoms with van der Waals surface area (Å²) in [5.41, 5.74) is 0. The van der Waals surface area contributed by atoms with E-state index in [-0.39, 0.29) is 30.2 Å². The molecule has 0 aromatic heterocycles. The maximum absolute atomic E-state index is 11.8. The lowest BCUT2D eigenvalue weighted by Gasteiger charge is -2.21. The summed E-state index contributed by atoms with van der Waals surface area (Å²) in [6, 6.07) is 0. The average molecular weight is 363 g/mol. The molecule has 140 valence electrons. The van der Waals surface area contributed by atoms with Crippen LogP contribution in [0.15, 0.2) is 4.99 Å². The van der Waals surface area contributed by atoms with E-state index in [2.05, 4.69) is 10.3 Å². The van der Waals surface area contributed by atoms with Gasteiger partial charge in [0.25, 0.3) is 0 Å². The minimum absolute atomic E-state index is 0.0151. The van der Waals surface area contributed by atoms with Crippen LogP contribution in [0.4, 0.5) is 0 Å². The number of aliphatic imine (C=N–C) groups is 1. The third kappa shape index (κ3) is 7.04. The number of carbonyl (C=O) groups is 1. The number of nitrogens with zero attached hydrogens (tertiary/aromatic N) is 2. The van der Waals surface area contributed by atoms with Crippen LogP contribution >= 0.6 is 0 Å². The summed E-state index contributed by atoms with van der Waals surface area (Å²) >= 11 is 0. The van der Waals surface area contributed by atoms with Gasteiger partial charge in [-0.3, -0.25) is 9.79 Å². The van der Waals surface area contributed by atoms with Crippen molar-refractivity contribution in [3.05, 3.63) is 0 Å². The highest BCUT2D eigenvalue weighted by Gasteiger charge is 2.36. The number of methoxy groups -OCH3 is 1. The molecule has 1 heterocycles. The molecule has 1 aliphatic heterocycles. The molecule has 2 unspecified atom stereocenters. The average Bonchev–Trinajstić information content (AvgIpc) is 2.89. The van der Waals surface area contributed by atoms with Gasteiger partial charge < -0.3 is 19.7 Å². The predicted octanol–water partition coefficient (Wildman–Crippen LogP) is -0.246. The first-order chi connectivity index (χ1) is 11.3. The van der Waals surface area contributed by atoms with Crippen molar-refractivity contribution in [3.8, 4) is 0 Å². The molecular weight excluding hydrogens is 334 g/mol. The summed E-state index contributed by atoms with van der Waals surface area (Å²) in [5.74, 6) is 0.617. The minimum atomic E-state index is -3.00. The van der Waals surface area contributed by atoms with E-state index in [4.69, 9.17) is 9.47 Å². The SMILES string of the molecule is CCNC(=NCCOCCS(C)(=O)=O)N1CC(C)C(C(=O)OC)C1. The number of esters is 1. The number of rotatable bonds is 8. The Balaban J connectivity index is 2.50. The Bertz CT molecular complexity index is 535. The molecular formula is C15H29N3O5S. The molecule has 0 aromatic rings. The monoisotopic (exact) mass is 363 g/mol. The van der Waals surface area contributed by atoms with Gasteiger partial charge in [-0.05, 0) is 12.8 Å². The molecule has 2 atom stereocenters. The number of nitrogens with one attached hydrogen (secondary N) is 1. The van der Waals surface area contributed by atoms with Gasteiger partial charge in [-0.1, -0.05) is 6.92 Å². The van der Waals surface area contributed by atoms with Gasteiger partial charge in [0.05, 0.1) is 38.5 Å². The van der Waals surface area contributed by atoms with E-state index >= 15 is 0 Å². The van der Waals surface area contributed by atoms with Crippen LogP contribution < -0.4 is 5.32 Å². The number of likely N-dealkylation sites (tertiary alicyclic amines) is 1. The van der Waals surface area contributed by atoms with Gasteiger partial charge >= 0.3 is 5.97 Å². The van der Waals surface area contributed by atoms with Gasteiger partial charge in [0.2, 0.25) is 0 Å². The number of hydrogen-bond acceptors (Lipinski definition) is 6. The number of ether oxygens (including phenoxy) is 2. The molecule has 1 aliphatic rings. The highest BCUT2D eigenvalue weighted by atomic mass is 32.2. The molecule has 0 amide bonds. The first-order valence-corrected chi connectivity index (χ1v) is 10.2. The van der Waals surface area contributed by atoms with Gasteiger partial charge in [-0.15, -0.1) is 0 Å². The smallest absolute Gasteiger partial charge is 0.310 e. The second kappa shape index (κ2) is 9.83. The first-order valence-electron chi connectivity index (χ1n) is 8.15. The Morgan fingerprint density at radius 1 is 1.33 bits per heavy atom. The van der Waals surface area contributed by atoms with Crippen LogP contribution in [0.1, 0.15) is 13.8 Å². The van der Waals surface area contributed by atoms with Crippen LogP contribution in [0.25, 0.3) is 0 Å². The topological polar surface area (TPSA) is 97.3 Å². The molecule has 1 N–H and O–H groups in total. The molecule has 24 heavy (non-hydrogen) atoms. The standard InChI is InChI=1S/C15H29N3O5S/c1-5-16-15(17-6-7-23-8-9-24(4,20)21)18-10-12(2)13(11-18)14(19)22-3/h12-13H,5-11H2,1-4H3,(H,16,17). The summed E-state index contributed by atoms with van der Waals surface area (Å²) in [6.45, 7) is 7.01. The lowest BCUT2D eigenvalue weighted by atomic mass is 9.99. The lowest BCUT2D eigenvalue weighted by Crippen LogP contribution is -2.40. The second-order valence-electron chi connectivity index (χ2n) is 5.99. The molecule has 0 radical (unpaired) electrons. The fourth-order valence-corrected chi connectivity index (χ4v) is 2.97. The fourth-order valence-electron chi connectivity index (χ4n) is 2.55. The van der Waals surface area contributed by atoms with Crippen molar-refractivity contribution in [2.45, 2.75) is 13.8 Å². The van der Waals surface area contributed by atoms with Crippen molar-refractivity contribution in [1.29, 1.82) is 0 Å². The number of sulfone groups is 1. The summed E-state index contributed by atoms with van der Waals surface area (Å²) in [4.78, 5) is 18.3. The van der Waals surface area contributed by atoms with Crippen LogP contribution in [-0.4, -0.2) is 83.8 Å². The van der Waals surface area contributed by atoms with Crippen molar-refractivity contribution >= 4 is 21.8 Å². The molecule has 0 bridgehead atoms. The Morgan fingerprint density at radius 2 is 2.04 bits per heavy atom. The predicted molar refractivity (Wildman–Crippen MR) is 92.8 cm³/mol. The van der Waals surface area contributed by atoms with Crippen molar-refractivity contribution in [1.82, 2.24) is 10.2 Å². The van der Waals surface area contributed by atoms with Crippen LogP contribution in [0, 0.1) is 11.8 Å². The van der Waals surface area contributed by atoms with Gasteiger partial charge in [-0.2, -0.15) is 0 Å². The highest BCUT2D eigenvalue weighted by molar-refractivity contribution is 7.90. The number of carbonyl (C=O) groups excluding carboxylic acids is 1. The second-order valence-corrected chi connectivity index (χ2v) is 8.25. The molecule has 1 fully saturated rings. The molecule has 1 saturated heterocycles. The highest BCUT2D eigenvalue weighted by Crippen LogP contribution is 2.24. The maximum Gasteiger partial charge on any atom is 0.310 e. The van der Waals surface area contributed by atoms with Gasteiger partial charge in [0.1, 0.15) is 9.84 Å². The summed E-state index contributed by atoms with van der Waals surface area (Å²) in [7, 11) is -1.59. The lowest BCUT2D eigenvalue weighted by molar-refractivity contribution is -0.145. The zero-order chi connectivity index (χ0) is 18.2. The van der Waals surface area contributed by atoms with Gasteiger partial charge in [0.15, 0.2) is 5.96 Å². The molecule has 0 aromatic carbocycles. The van der Waals surface area contributed by atoms with Crippen LogP contribution in [0.3, 0.4) is 0 Å². The Morgan fingerprint density at radius 3 is 2.62 bits per heavy atom. The van der Waals surface area contributed by atoms with Crippen molar-refractivity contribution in [2.75, 3.05) is 58.5 Å². The summed E-state index contributed by atoms with van der Waals surface area (Å²) in [6.07, 6.45) is 1.18. The molecule has 0 saturated carbocycles. The number of guanidine groups is 1. The largest absolute Gasteiger partial charge is 0.469 e. The van der Waals surface area contributed by atoms with Crippen molar-refractivity contribution < 1.29 is 22.7 Å². The molecule has 8 nitrogen and oxygen atoms in total. The van der Waals surface area contributed by atoms with E-state index in [0.29, 0.717) is 19.7 Å². The van der Waals surface area contributed by atoms with Gasteiger partial charge in [-0.25, -0.2) is 8.42 Å². The Labute approximate surface area is 144 Å². The maximum atomic E-state index is 11.8. The quantitative estimate of drug-likeness (QED) is 0.275. The summed E-state index contributed by atoms with van der Waals surface area (Å²) in [5, 5.41) is 3.21. The zero-order valence-corrected chi connectivity index (χ0v) is 15.8. The number of hydrogen-bond donors (Lipinski definition) is 1. The third-order valence-electron chi connectivity index (χ3n) is 3.85. The van der Waals surface area contributed by atoms with E-state index in [0.717, 1.165) is 19.0 Å². The normalized spacial score (nSPS) is 21.8. The van der Waals surface area contributed by atoms with Gasteiger partial charge in [0, 0.05) is 25.9 Å².